The summed E-state index contributed by atoms with van der Waals surface area (Å²) in [5.74, 6) is 1.43. The van der Waals surface area contributed by atoms with Crippen molar-refractivity contribution in [3.8, 4) is 0 Å². The smallest absolute Gasteiger partial charge is 0.0132 e. The molecule has 1 rings (SSSR count). The first-order valence-corrected chi connectivity index (χ1v) is 6.46. The molecular weight excluding hydrogens is 192 g/mol. The number of benzene rings is 1. The van der Waals surface area contributed by atoms with E-state index in [9.17, 15) is 0 Å². The van der Waals surface area contributed by atoms with Gasteiger partial charge >= 0.3 is 0 Å². The van der Waals surface area contributed by atoms with Gasteiger partial charge in [0, 0.05) is 0 Å². The van der Waals surface area contributed by atoms with E-state index >= 15 is 0 Å². The van der Waals surface area contributed by atoms with Crippen molar-refractivity contribution < 1.29 is 0 Å². The molecule has 90 valence electrons. The molecule has 0 bridgehead atoms. The summed E-state index contributed by atoms with van der Waals surface area (Å²) in [4.78, 5) is 0. The number of hydrogen-bond acceptors (Lipinski definition) is 0. The molecule has 0 saturated heterocycles. The van der Waals surface area contributed by atoms with Crippen LogP contribution in [0.25, 0.3) is 0 Å². The molecule has 0 radical (unpaired) electrons. The van der Waals surface area contributed by atoms with Crippen LogP contribution >= 0.6 is 0 Å². The van der Waals surface area contributed by atoms with Crippen LogP contribution in [0, 0.1) is 5.92 Å². The molecule has 0 heterocycles. The molecule has 0 fully saturated rings. The highest BCUT2D eigenvalue weighted by Crippen LogP contribution is 2.29. The lowest BCUT2D eigenvalue weighted by atomic mass is 9.82. The van der Waals surface area contributed by atoms with Gasteiger partial charge in [-0.1, -0.05) is 65.8 Å². The van der Waals surface area contributed by atoms with Gasteiger partial charge in [-0.05, 0) is 34.8 Å². The summed E-state index contributed by atoms with van der Waals surface area (Å²) in [6.07, 6.45) is 1.23. The van der Waals surface area contributed by atoms with Crippen LogP contribution in [0.3, 0.4) is 0 Å². The Morgan fingerprint density at radius 1 is 1.00 bits per heavy atom. The van der Waals surface area contributed by atoms with E-state index in [0.29, 0.717) is 5.92 Å². The van der Waals surface area contributed by atoms with Crippen molar-refractivity contribution >= 4 is 0 Å². The summed E-state index contributed by atoms with van der Waals surface area (Å²) in [6, 6.07) is 9.21. The van der Waals surface area contributed by atoms with E-state index in [1.54, 1.807) is 0 Å². The average Bonchev–Trinajstić information content (AvgIpc) is 2.17. The van der Waals surface area contributed by atoms with Crippen molar-refractivity contribution in [2.75, 3.05) is 0 Å². The van der Waals surface area contributed by atoms with E-state index in [-0.39, 0.29) is 5.41 Å². The van der Waals surface area contributed by atoms with Crippen molar-refractivity contribution in [2.45, 2.75) is 59.3 Å². The Balaban J connectivity index is 2.94. The number of rotatable bonds is 3. The summed E-state index contributed by atoms with van der Waals surface area (Å²) in [5, 5.41) is 0. The zero-order valence-corrected chi connectivity index (χ0v) is 11.7. The summed E-state index contributed by atoms with van der Waals surface area (Å²) in [5.41, 5.74) is 3.18. The Kier molecular flexibility index (Phi) is 4.18. The molecule has 0 nitrogen and oxygen atoms in total. The fourth-order valence-corrected chi connectivity index (χ4v) is 2.32. The Labute approximate surface area is 101 Å². The molecule has 1 atom stereocenters. The average molecular weight is 218 g/mol. The third kappa shape index (κ3) is 3.10. The molecule has 1 aromatic carbocycles. The highest BCUT2D eigenvalue weighted by atomic mass is 14.2. The molecular formula is C16H26. The van der Waals surface area contributed by atoms with E-state index in [1.165, 1.54) is 17.5 Å². The SMILES string of the molecule is CC[C@@H](c1ccc(C(C)(C)C)cc1)C(C)C. The predicted molar refractivity (Wildman–Crippen MR) is 73.0 cm³/mol. The minimum atomic E-state index is 0.262. The van der Waals surface area contributed by atoms with Gasteiger partial charge in [0.2, 0.25) is 0 Å². The molecule has 1 aromatic rings. The van der Waals surface area contributed by atoms with Crippen LogP contribution in [0.5, 0.6) is 0 Å². The quantitative estimate of drug-likeness (QED) is 0.659. The summed E-state index contributed by atoms with van der Waals surface area (Å²) in [6.45, 7) is 13.7. The van der Waals surface area contributed by atoms with Crippen LogP contribution in [0.2, 0.25) is 0 Å². The second kappa shape index (κ2) is 5.03. The largest absolute Gasteiger partial charge is 0.0648 e. The predicted octanol–water partition coefficient (Wildman–Crippen LogP) is 5.13. The van der Waals surface area contributed by atoms with Gasteiger partial charge in [0.15, 0.2) is 0 Å². The van der Waals surface area contributed by atoms with E-state index in [4.69, 9.17) is 0 Å². The lowest BCUT2D eigenvalue weighted by Gasteiger charge is -2.23. The standard InChI is InChI=1S/C16H26/c1-7-15(12(2)3)13-8-10-14(11-9-13)16(4,5)6/h8-12,15H,7H2,1-6H3/t15-/m1/s1. The molecule has 0 aliphatic heterocycles. The van der Waals surface area contributed by atoms with Crippen molar-refractivity contribution in [3.05, 3.63) is 35.4 Å². The molecule has 0 amide bonds. The van der Waals surface area contributed by atoms with Crippen molar-refractivity contribution in [3.63, 3.8) is 0 Å². The zero-order chi connectivity index (χ0) is 12.3. The first-order chi connectivity index (χ1) is 7.36. The molecule has 0 aromatic heterocycles. The Morgan fingerprint density at radius 3 is 1.81 bits per heavy atom. The highest BCUT2D eigenvalue weighted by molar-refractivity contribution is 5.29. The second-order valence-corrected chi connectivity index (χ2v) is 6.13. The van der Waals surface area contributed by atoms with Crippen LogP contribution in [0.1, 0.15) is 65.0 Å². The van der Waals surface area contributed by atoms with E-state index in [1.807, 2.05) is 0 Å². The third-order valence-electron chi connectivity index (χ3n) is 3.45. The van der Waals surface area contributed by atoms with Gasteiger partial charge in [0.05, 0.1) is 0 Å². The zero-order valence-electron chi connectivity index (χ0n) is 11.7. The van der Waals surface area contributed by atoms with Gasteiger partial charge < -0.3 is 0 Å². The van der Waals surface area contributed by atoms with Crippen LogP contribution in [-0.4, -0.2) is 0 Å². The summed E-state index contributed by atoms with van der Waals surface area (Å²) < 4.78 is 0. The number of hydrogen-bond donors (Lipinski definition) is 0. The van der Waals surface area contributed by atoms with E-state index in [2.05, 4.69) is 65.8 Å². The topological polar surface area (TPSA) is 0 Å². The van der Waals surface area contributed by atoms with Crippen LogP contribution in [0.15, 0.2) is 24.3 Å². The first-order valence-electron chi connectivity index (χ1n) is 6.46. The molecule has 0 spiro atoms. The van der Waals surface area contributed by atoms with E-state index in [0.717, 1.165) is 5.92 Å². The van der Waals surface area contributed by atoms with Crippen LogP contribution in [-0.2, 0) is 5.41 Å². The maximum atomic E-state index is 2.31. The Morgan fingerprint density at radius 2 is 1.50 bits per heavy atom. The fraction of sp³-hybridized carbons (Fsp3) is 0.625. The minimum absolute atomic E-state index is 0.262. The maximum Gasteiger partial charge on any atom is -0.0132 e. The third-order valence-corrected chi connectivity index (χ3v) is 3.45. The second-order valence-electron chi connectivity index (χ2n) is 6.13. The van der Waals surface area contributed by atoms with Gasteiger partial charge in [-0.2, -0.15) is 0 Å². The Bertz CT molecular complexity index is 311. The van der Waals surface area contributed by atoms with Gasteiger partial charge in [-0.15, -0.1) is 0 Å². The molecule has 0 saturated carbocycles. The van der Waals surface area contributed by atoms with Crippen LogP contribution < -0.4 is 0 Å². The minimum Gasteiger partial charge on any atom is -0.0648 e. The van der Waals surface area contributed by atoms with Gasteiger partial charge in [0.1, 0.15) is 0 Å². The molecule has 0 N–H and O–H groups in total. The van der Waals surface area contributed by atoms with E-state index < -0.39 is 0 Å². The molecule has 0 unspecified atom stereocenters. The first kappa shape index (κ1) is 13.3. The lowest BCUT2D eigenvalue weighted by Crippen LogP contribution is -2.11. The normalized spacial score (nSPS) is 14.2. The van der Waals surface area contributed by atoms with Gasteiger partial charge in [0.25, 0.3) is 0 Å². The molecule has 16 heavy (non-hydrogen) atoms. The maximum absolute atomic E-state index is 2.31. The summed E-state index contributed by atoms with van der Waals surface area (Å²) in [7, 11) is 0. The molecule has 0 heteroatoms. The lowest BCUT2D eigenvalue weighted by molar-refractivity contribution is 0.484. The van der Waals surface area contributed by atoms with Crippen molar-refractivity contribution in [1.29, 1.82) is 0 Å². The van der Waals surface area contributed by atoms with Crippen LogP contribution in [0.4, 0.5) is 0 Å². The van der Waals surface area contributed by atoms with Gasteiger partial charge in [-0.25, -0.2) is 0 Å². The molecule has 0 aliphatic rings. The van der Waals surface area contributed by atoms with Crippen molar-refractivity contribution in [1.82, 2.24) is 0 Å². The summed E-state index contributed by atoms with van der Waals surface area (Å²) >= 11 is 0. The molecule has 0 aliphatic carbocycles. The van der Waals surface area contributed by atoms with Gasteiger partial charge in [-0.3, -0.25) is 0 Å². The highest BCUT2D eigenvalue weighted by Gasteiger charge is 2.16. The fourth-order valence-electron chi connectivity index (χ4n) is 2.32. The monoisotopic (exact) mass is 218 g/mol. The van der Waals surface area contributed by atoms with Crippen molar-refractivity contribution in [2.24, 2.45) is 5.92 Å². The Hall–Kier alpha value is -0.780.